The van der Waals surface area contributed by atoms with Crippen molar-refractivity contribution in [2.24, 2.45) is 0 Å². The number of pyridine rings is 2. The van der Waals surface area contributed by atoms with E-state index in [1.54, 1.807) is 12.4 Å². The van der Waals surface area contributed by atoms with Gasteiger partial charge < -0.3 is 10.2 Å². The van der Waals surface area contributed by atoms with Gasteiger partial charge in [-0.25, -0.2) is 9.37 Å². The minimum atomic E-state index is -0.622. The second-order valence-corrected chi connectivity index (χ2v) is 8.40. The minimum absolute atomic E-state index is 0.123. The Morgan fingerprint density at radius 2 is 1.85 bits per heavy atom. The van der Waals surface area contributed by atoms with Crippen LogP contribution in [-0.2, 0) is 4.79 Å². The third kappa shape index (κ3) is 4.35. The van der Waals surface area contributed by atoms with Crippen LogP contribution >= 0.6 is 11.3 Å². The number of carbonyl (C=O) groups excluding carboxylic acids is 2. The van der Waals surface area contributed by atoms with E-state index in [0.717, 1.165) is 34.6 Å². The number of nitrogens with one attached hydrogen (secondary N) is 1. The number of thiazole rings is 1. The van der Waals surface area contributed by atoms with Gasteiger partial charge in [-0.2, -0.15) is 0 Å². The lowest BCUT2D eigenvalue weighted by Gasteiger charge is -2.39. The number of benzene rings is 1. The molecule has 1 aliphatic heterocycles. The van der Waals surface area contributed by atoms with Crippen LogP contribution in [0.4, 0.5) is 9.52 Å². The highest BCUT2D eigenvalue weighted by Crippen LogP contribution is 2.29. The average Bonchev–Trinajstić information content (AvgIpc) is 3.27. The molecule has 5 rings (SSSR count). The second-order valence-electron chi connectivity index (χ2n) is 7.54. The first-order chi connectivity index (χ1) is 16.1. The molecule has 3 aromatic heterocycles. The summed E-state index contributed by atoms with van der Waals surface area (Å²) in [7, 11) is 0. The van der Waals surface area contributed by atoms with Gasteiger partial charge >= 0.3 is 0 Å². The maximum absolute atomic E-state index is 13.4. The Morgan fingerprint density at radius 3 is 2.61 bits per heavy atom. The summed E-state index contributed by atoms with van der Waals surface area (Å²) in [5.41, 5.74) is 3.90. The molecular formula is C24H18FN5O2S. The molecular weight excluding hydrogens is 441 g/mol. The van der Waals surface area contributed by atoms with E-state index in [1.165, 1.54) is 22.4 Å². The van der Waals surface area contributed by atoms with E-state index in [0.29, 0.717) is 18.1 Å². The maximum atomic E-state index is 13.4. The van der Waals surface area contributed by atoms with Gasteiger partial charge in [-0.05, 0) is 41.8 Å². The van der Waals surface area contributed by atoms with Crippen molar-refractivity contribution in [2.45, 2.75) is 12.5 Å². The summed E-state index contributed by atoms with van der Waals surface area (Å²) in [5.74, 6) is -1.32. The van der Waals surface area contributed by atoms with E-state index in [9.17, 15) is 14.0 Å². The third-order valence-corrected chi connectivity index (χ3v) is 6.20. The molecule has 0 radical (unpaired) electrons. The zero-order valence-electron chi connectivity index (χ0n) is 17.3. The van der Waals surface area contributed by atoms with Crippen LogP contribution in [0.15, 0.2) is 72.6 Å². The highest BCUT2D eigenvalue weighted by atomic mass is 32.1. The molecule has 1 saturated heterocycles. The molecule has 1 aliphatic rings. The number of carbonyl (C=O) groups is 2. The standard InChI is InChI=1S/C24H18FN5O2S/c25-19-11-18(12-27-13-19)23(32)30-9-6-21(30)22(31)29-24-28-20(14-33-24)17-3-1-2-16(10-17)15-4-7-26-8-5-15/h1-5,7-8,10-14,21H,6,9H2,(H,28,29,31). The fourth-order valence-corrected chi connectivity index (χ4v) is 4.38. The van der Waals surface area contributed by atoms with Gasteiger partial charge in [-0.1, -0.05) is 18.2 Å². The number of anilines is 1. The van der Waals surface area contributed by atoms with Gasteiger partial charge in [0.1, 0.15) is 11.9 Å². The lowest BCUT2D eigenvalue weighted by atomic mass is 10.0. The van der Waals surface area contributed by atoms with E-state index < -0.39 is 17.8 Å². The molecule has 0 saturated carbocycles. The van der Waals surface area contributed by atoms with Crippen LogP contribution < -0.4 is 5.32 Å². The number of hydrogen-bond donors (Lipinski definition) is 1. The van der Waals surface area contributed by atoms with Gasteiger partial charge in [0.2, 0.25) is 5.91 Å². The molecule has 7 nitrogen and oxygen atoms in total. The van der Waals surface area contributed by atoms with Crippen molar-refractivity contribution in [2.75, 3.05) is 11.9 Å². The van der Waals surface area contributed by atoms with Gasteiger partial charge in [-0.3, -0.25) is 19.6 Å². The number of likely N-dealkylation sites (tertiary alicyclic amines) is 1. The Labute approximate surface area is 193 Å². The van der Waals surface area contributed by atoms with Gasteiger partial charge in [0.15, 0.2) is 5.13 Å². The van der Waals surface area contributed by atoms with Crippen molar-refractivity contribution in [1.82, 2.24) is 19.9 Å². The van der Waals surface area contributed by atoms with Crippen molar-refractivity contribution in [3.63, 3.8) is 0 Å². The summed E-state index contributed by atoms with van der Waals surface area (Å²) in [4.78, 5) is 39.1. The minimum Gasteiger partial charge on any atom is -0.326 e. The van der Waals surface area contributed by atoms with Crippen molar-refractivity contribution in [3.05, 3.63) is 84.0 Å². The molecule has 0 aliphatic carbocycles. The molecule has 4 heterocycles. The number of nitrogens with zero attached hydrogens (tertiary/aromatic N) is 4. The molecule has 1 atom stereocenters. The Bertz CT molecular complexity index is 1330. The summed E-state index contributed by atoms with van der Waals surface area (Å²) in [6.07, 6.45) is 6.36. The number of halogens is 1. The van der Waals surface area contributed by atoms with E-state index in [-0.39, 0.29) is 11.5 Å². The van der Waals surface area contributed by atoms with E-state index in [1.807, 2.05) is 41.8 Å². The normalized spacial score (nSPS) is 15.1. The maximum Gasteiger partial charge on any atom is 0.256 e. The first kappa shape index (κ1) is 20.9. The zero-order chi connectivity index (χ0) is 22.8. The summed E-state index contributed by atoms with van der Waals surface area (Å²) in [5, 5.41) is 5.14. The fourth-order valence-electron chi connectivity index (χ4n) is 3.65. The molecule has 33 heavy (non-hydrogen) atoms. The van der Waals surface area contributed by atoms with Crippen LogP contribution in [0.5, 0.6) is 0 Å². The molecule has 9 heteroatoms. The molecule has 4 aromatic rings. The van der Waals surface area contributed by atoms with Gasteiger partial charge in [-0.15, -0.1) is 11.3 Å². The number of aromatic nitrogens is 3. The molecule has 1 unspecified atom stereocenters. The smallest absolute Gasteiger partial charge is 0.256 e. The van der Waals surface area contributed by atoms with E-state index >= 15 is 0 Å². The van der Waals surface area contributed by atoms with Crippen LogP contribution in [-0.4, -0.2) is 44.3 Å². The van der Waals surface area contributed by atoms with Gasteiger partial charge in [0.05, 0.1) is 17.5 Å². The topological polar surface area (TPSA) is 88.1 Å². The Balaban J connectivity index is 1.28. The summed E-state index contributed by atoms with van der Waals surface area (Å²) in [6.45, 7) is 0.429. The van der Waals surface area contributed by atoms with E-state index in [2.05, 4.69) is 20.3 Å². The predicted molar refractivity (Wildman–Crippen MR) is 123 cm³/mol. The predicted octanol–water partition coefficient (Wildman–Crippen LogP) is 4.26. The van der Waals surface area contributed by atoms with Crippen LogP contribution in [0, 0.1) is 5.82 Å². The van der Waals surface area contributed by atoms with Crippen molar-refractivity contribution >= 4 is 28.3 Å². The van der Waals surface area contributed by atoms with Crippen LogP contribution in [0.25, 0.3) is 22.4 Å². The monoisotopic (exact) mass is 459 g/mol. The van der Waals surface area contributed by atoms with Crippen LogP contribution in [0.1, 0.15) is 16.8 Å². The molecule has 164 valence electrons. The molecule has 1 fully saturated rings. The quantitative estimate of drug-likeness (QED) is 0.482. The van der Waals surface area contributed by atoms with Crippen LogP contribution in [0.2, 0.25) is 0 Å². The second kappa shape index (κ2) is 8.87. The molecule has 1 aromatic carbocycles. The lowest BCUT2D eigenvalue weighted by molar-refractivity contribution is -0.123. The Morgan fingerprint density at radius 1 is 1.03 bits per heavy atom. The molecule has 0 bridgehead atoms. The fraction of sp³-hybridized carbons (Fsp3) is 0.125. The molecule has 1 N–H and O–H groups in total. The SMILES string of the molecule is O=C(Nc1nc(-c2cccc(-c3ccncc3)c2)cs1)C1CCN1C(=O)c1cncc(F)c1. The highest BCUT2D eigenvalue weighted by Gasteiger charge is 2.38. The third-order valence-electron chi connectivity index (χ3n) is 5.44. The van der Waals surface area contributed by atoms with Gasteiger partial charge in [0, 0.05) is 36.1 Å². The van der Waals surface area contributed by atoms with Crippen molar-refractivity contribution < 1.29 is 14.0 Å². The highest BCUT2D eigenvalue weighted by molar-refractivity contribution is 7.14. The molecule has 0 spiro atoms. The van der Waals surface area contributed by atoms with E-state index in [4.69, 9.17) is 0 Å². The first-order valence-corrected chi connectivity index (χ1v) is 11.2. The lowest BCUT2D eigenvalue weighted by Crippen LogP contribution is -2.56. The largest absolute Gasteiger partial charge is 0.326 e. The van der Waals surface area contributed by atoms with Gasteiger partial charge in [0.25, 0.3) is 5.91 Å². The number of rotatable bonds is 5. The molecule has 2 amide bonds. The van der Waals surface area contributed by atoms with Crippen LogP contribution in [0.3, 0.4) is 0 Å². The summed E-state index contributed by atoms with van der Waals surface area (Å²) in [6, 6.07) is 12.4. The summed E-state index contributed by atoms with van der Waals surface area (Å²) >= 11 is 1.32. The number of hydrogen-bond acceptors (Lipinski definition) is 6. The van der Waals surface area contributed by atoms with Crippen molar-refractivity contribution in [1.29, 1.82) is 0 Å². The summed E-state index contributed by atoms with van der Waals surface area (Å²) < 4.78 is 13.4. The Kier molecular flexibility index (Phi) is 5.62. The first-order valence-electron chi connectivity index (χ1n) is 10.3. The number of amides is 2. The zero-order valence-corrected chi connectivity index (χ0v) is 18.1. The average molecular weight is 460 g/mol. The van der Waals surface area contributed by atoms with Crippen molar-refractivity contribution in [3.8, 4) is 22.4 Å². The Hall–Kier alpha value is -3.98.